The van der Waals surface area contributed by atoms with E-state index in [1.54, 1.807) is 31.3 Å². The molecule has 1 N–H and O–H groups in total. The van der Waals surface area contributed by atoms with Crippen LogP contribution in [0.3, 0.4) is 0 Å². The van der Waals surface area contributed by atoms with Crippen molar-refractivity contribution in [1.29, 1.82) is 0 Å². The molecule has 3 aromatic rings. The number of anilines is 2. The topological polar surface area (TPSA) is 93.7 Å². The molecule has 2 heterocycles. The average Bonchev–Trinajstić information content (AvgIpc) is 3.23. The highest BCUT2D eigenvalue weighted by molar-refractivity contribution is 7.15. The number of aromatic nitrogens is 2. The van der Waals surface area contributed by atoms with Gasteiger partial charge in [-0.05, 0) is 43.7 Å². The van der Waals surface area contributed by atoms with E-state index in [1.807, 2.05) is 43.3 Å². The van der Waals surface area contributed by atoms with Crippen molar-refractivity contribution < 1.29 is 19.1 Å². The quantitative estimate of drug-likeness (QED) is 0.608. The van der Waals surface area contributed by atoms with Crippen LogP contribution < -0.4 is 19.7 Å². The molecule has 2 aromatic carbocycles. The zero-order valence-corrected chi connectivity index (χ0v) is 18.9. The Kier molecular flexibility index (Phi) is 6.36. The summed E-state index contributed by atoms with van der Waals surface area (Å²) < 4.78 is 10.9. The number of rotatable bonds is 6. The van der Waals surface area contributed by atoms with Crippen LogP contribution in [0.5, 0.6) is 11.5 Å². The number of nitrogens with zero attached hydrogens (tertiary/aromatic N) is 3. The van der Waals surface area contributed by atoms with Gasteiger partial charge in [0.15, 0.2) is 0 Å². The number of benzene rings is 2. The van der Waals surface area contributed by atoms with Gasteiger partial charge in [0.1, 0.15) is 16.5 Å². The maximum atomic E-state index is 13.4. The van der Waals surface area contributed by atoms with Crippen LogP contribution in [0.15, 0.2) is 48.5 Å². The molecule has 1 aliphatic rings. The second-order valence-corrected chi connectivity index (χ2v) is 8.59. The number of nitrogens with one attached hydrogen (secondary N) is 1. The van der Waals surface area contributed by atoms with E-state index in [0.29, 0.717) is 28.7 Å². The molecule has 0 spiro atoms. The average molecular weight is 453 g/mol. The molecule has 2 amide bonds. The third kappa shape index (κ3) is 4.29. The smallest absolute Gasteiger partial charge is 0.231 e. The summed E-state index contributed by atoms with van der Waals surface area (Å²) in [6.07, 6.45) is 0.669. The van der Waals surface area contributed by atoms with E-state index in [4.69, 9.17) is 9.47 Å². The fourth-order valence-corrected chi connectivity index (χ4v) is 4.62. The standard InChI is InChI=1S/C23H24N4O4S/c1-14-25-26-23(32-14)24-22(29)18-12-13-20(28)27(15-8-10-16(30-2)11-9-15)21(18)17-6-4-5-7-19(17)31-3/h4-11,18,21H,12-13H2,1-3H3,(H,24,26,29). The predicted molar refractivity (Wildman–Crippen MR) is 122 cm³/mol. The first kappa shape index (κ1) is 21.8. The molecular formula is C23H24N4O4S. The normalized spacial score (nSPS) is 18.3. The van der Waals surface area contributed by atoms with Crippen LogP contribution in [-0.4, -0.2) is 36.2 Å². The highest BCUT2D eigenvalue weighted by Gasteiger charge is 2.42. The van der Waals surface area contributed by atoms with Gasteiger partial charge in [0.2, 0.25) is 16.9 Å². The lowest BCUT2D eigenvalue weighted by molar-refractivity contribution is -0.125. The Morgan fingerprint density at radius 3 is 2.50 bits per heavy atom. The largest absolute Gasteiger partial charge is 0.497 e. The van der Waals surface area contributed by atoms with E-state index >= 15 is 0 Å². The number of aryl methyl sites for hydroxylation is 1. The van der Waals surface area contributed by atoms with Crippen molar-refractivity contribution in [1.82, 2.24) is 10.2 Å². The molecule has 1 aliphatic heterocycles. The zero-order valence-electron chi connectivity index (χ0n) is 18.1. The number of ether oxygens (including phenoxy) is 2. The van der Waals surface area contributed by atoms with Crippen LogP contribution in [0.4, 0.5) is 10.8 Å². The summed E-state index contributed by atoms with van der Waals surface area (Å²) in [5.74, 6) is 0.545. The molecule has 0 bridgehead atoms. The van der Waals surface area contributed by atoms with Crippen LogP contribution in [-0.2, 0) is 9.59 Å². The molecule has 0 aliphatic carbocycles. The SMILES string of the molecule is COc1ccc(N2C(=O)CCC(C(=O)Nc3nnc(C)s3)C2c2ccccc2OC)cc1. The minimum Gasteiger partial charge on any atom is -0.497 e. The first-order valence-electron chi connectivity index (χ1n) is 10.2. The number of piperidine rings is 1. The van der Waals surface area contributed by atoms with Gasteiger partial charge in [-0.25, -0.2) is 0 Å². The van der Waals surface area contributed by atoms with Gasteiger partial charge in [0.05, 0.1) is 26.2 Å². The second kappa shape index (κ2) is 9.35. The molecule has 1 fully saturated rings. The number of carbonyl (C=O) groups is 2. The lowest BCUT2D eigenvalue weighted by atomic mass is 9.82. The summed E-state index contributed by atoms with van der Waals surface area (Å²) in [5, 5.41) is 12.1. The van der Waals surface area contributed by atoms with Gasteiger partial charge in [0, 0.05) is 17.7 Å². The molecule has 0 saturated carbocycles. The first-order chi connectivity index (χ1) is 15.5. The summed E-state index contributed by atoms with van der Waals surface area (Å²) in [5.41, 5.74) is 1.46. The Hall–Kier alpha value is -3.46. The van der Waals surface area contributed by atoms with E-state index in [0.717, 1.165) is 10.6 Å². The Morgan fingerprint density at radius 2 is 1.84 bits per heavy atom. The minimum atomic E-state index is -0.546. The minimum absolute atomic E-state index is 0.0538. The Balaban J connectivity index is 1.77. The van der Waals surface area contributed by atoms with E-state index in [1.165, 1.54) is 11.3 Å². The Bertz CT molecular complexity index is 1120. The predicted octanol–water partition coefficient (Wildman–Crippen LogP) is 3.99. The molecular weight excluding hydrogens is 428 g/mol. The molecule has 9 heteroatoms. The van der Waals surface area contributed by atoms with Gasteiger partial charge >= 0.3 is 0 Å². The molecule has 8 nitrogen and oxygen atoms in total. The molecule has 2 unspecified atom stereocenters. The molecule has 1 saturated heterocycles. The number of amides is 2. The number of hydrogen-bond acceptors (Lipinski definition) is 7. The lowest BCUT2D eigenvalue weighted by Gasteiger charge is -2.41. The van der Waals surface area contributed by atoms with Crippen molar-refractivity contribution in [3.05, 3.63) is 59.1 Å². The van der Waals surface area contributed by atoms with Crippen molar-refractivity contribution in [3.8, 4) is 11.5 Å². The fraction of sp³-hybridized carbons (Fsp3) is 0.304. The van der Waals surface area contributed by atoms with Crippen LogP contribution in [0, 0.1) is 12.8 Å². The van der Waals surface area contributed by atoms with Crippen molar-refractivity contribution in [2.45, 2.75) is 25.8 Å². The maximum absolute atomic E-state index is 13.4. The highest BCUT2D eigenvalue weighted by atomic mass is 32.1. The number of para-hydroxylation sites is 1. The molecule has 32 heavy (non-hydrogen) atoms. The highest BCUT2D eigenvalue weighted by Crippen LogP contribution is 2.43. The summed E-state index contributed by atoms with van der Waals surface area (Å²) in [6.45, 7) is 1.83. The van der Waals surface area contributed by atoms with Crippen molar-refractivity contribution >= 4 is 34.0 Å². The zero-order chi connectivity index (χ0) is 22.7. The van der Waals surface area contributed by atoms with E-state index < -0.39 is 12.0 Å². The van der Waals surface area contributed by atoms with Gasteiger partial charge in [-0.15, -0.1) is 10.2 Å². The van der Waals surface area contributed by atoms with Crippen molar-refractivity contribution in [3.63, 3.8) is 0 Å². The fourth-order valence-electron chi connectivity index (χ4n) is 4.03. The molecule has 166 valence electrons. The first-order valence-corrected chi connectivity index (χ1v) is 11.0. The molecule has 4 rings (SSSR count). The van der Waals surface area contributed by atoms with Crippen molar-refractivity contribution in [2.24, 2.45) is 5.92 Å². The summed E-state index contributed by atoms with van der Waals surface area (Å²) >= 11 is 1.31. The Labute approximate surface area is 190 Å². The molecule has 1 aromatic heterocycles. The second-order valence-electron chi connectivity index (χ2n) is 7.41. The van der Waals surface area contributed by atoms with Crippen LogP contribution in [0.1, 0.15) is 29.5 Å². The van der Waals surface area contributed by atoms with Crippen molar-refractivity contribution in [2.75, 3.05) is 24.4 Å². The molecule has 0 radical (unpaired) electrons. The third-order valence-corrected chi connectivity index (χ3v) is 6.25. The summed E-state index contributed by atoms with van der Waals surface area (Å²) in [4.78, 5) is 28.2. The number of carbonyl (C=O) groups excluding carboxylic acids is 2. The Morgan fingerprint density at radius 1 is 1.09 bits per heavy atom. The van der Waals surface area contributed by atoms with Gasteiger partial charge in [0.25, 0.3) is 0 Å². The van der Waals surface area contributed by atoms with Crippen LogP contribution in [0.2, 0.25) is 0 Å². The number of hydrogen-bond donors (Lipinski definition) is 1. The van der Waals surface area contributed by atoms with E-state index in [2.05, 4.69) is 15.5 Å². The van der Waals surface area contributed by atoms with E-state index in [-0.39, 0.29) is 18.2 Å². The van der Waals surface area contributed by atoms with Crippen LogP contribution in [0.25, 0.3) is 0 Å². The molecule has 2 atom stereocenters. The number of methoxy groups -OCH3 is 2. The summed E-state index contributed by atoms with van der Waals surface area (Å²) in [7, 11) is 3.18. The van der Waals surface area contributed by atoms with E-state index in [9.17, 15) is 9.59 Å². The van der Waals surface area contributed by atoms with Gasteiger partial charge in [-0.3, -0.25) is 9.59 Å². The third-order valence-electron chi connectivity index (χ3n) is 5.50. The van der Waals surface area contributed by atoms with Gasteiger partial charge in [-0.2, -0.15) is 0 Å². The maximum Gasteiger partial charge on any atom is 0.231 e. The lowest BCUT2D eigenvalue weighted by Crippen LogP contribution is -2.47. The van der Waals surface area contributed by atoms with Crippen LogP contribution >= 0.6 is 11.3 Å². The monoisotopic (exact) mass is 452 g/mol. The van der Waals surface area contributed by atoms with Gasteiger partial charge < -0.3 is 19.7 Å². The van der Waals surface area contributed by atoms with Gasteiger partial charge in [-0.1, -0.05) is 29.5 Å². The summed E-state index contributed by atoms with van der Waals surface area (Å²) in [6, 6.07) is 14.2.